The zero-order chi connectivity index (χ0) is 12.3. The fourth-order valence-electron chi connectivity index (χ4n) is 2.43. The van der Waals surface area contributed by atoms with Gasteiger partial charge in [-0.3, -0.25) is 0 Å². The first-order valence-corrected chi connectivity index (χ1v) is 6.40. The molecule has 0 radical (unpaired) electrons. The van der Waals surface area contributed by atoms with Gasteiger partial charge in [-0.25, -0.2) is 0 Å². The van der Waals surface area contributed by atoms with E-state index in [-0.39, 0.29) is 0 Å². The minimum atomic E-state index is 0.364. The Labute approximate surface area is 103 Å². The van der Waals surface area contributed by atoms with Crippen LogP contribution in [0.4, 0.5) is 0 Å². The van der Waals surface area contributed by atoms with E-state index >= 15 is 0 Å². The van der Waals surface area contributed by atoms with Gasteiger partial charge in [0, 0.05) is 33.2 Å². The van der Waals surface area contributed by atoms with Crippen LogP contribution in [0, 0.1) is 5.92 Å². The summed E-state index contributed by atoms with van der Waals surface area (Å²) in [5, 5.41) is 12.1. The lowest BCUT2D eigenvalue weighted by Gasteiger charge is -2.24. The number of nitrogens with one attached hydrogen (secondary N) is 1. The zero-order valence-electron chi connectivity index (χ0n) is 10.9. The van der Waals surface area contributed by atoms with Crippen LogP contribution in [-0.2, 0) is 17.7 Å². The molecular weight excluding hydrogens is 216 g/mol. The van der Waals surface area contributed by atoms with Crippen molar-refractivity contribution in [1.29, 1.82) is 0 Å². The molecule has 5 heteroatoms. The van der Waals surface area contributed by atoms with Gasteiger partial charge in [0.1, 0.15) is 11.6 Å². The predicted octanol–water partition coefficient (Wildman–Crippen LogP) is 1.16. The van der Waals surface area contributed by atoms with E-state index < -0.39 is 0 Å². The number of fused-ring (bicyclic) bond motifs is 1. The van der Waals surface area contributed by atoms with Crippen LogP contribution in [0.15, 0.2) is 0 Å². The van der Waals surface area contributed by atoms with Gasteiger partial charge in [0.05, 0.1) is 6.04 Å². The highest BCUT2D eigenvalue weighted by Gasteiger charge is 2.23. The molecule has 0 saturated heterocycles. The summed E-state index contributed by atoms with van der Waals surface area (Å²) in [6.07, 6.45) is 2.00. The lowest BCUT2D eigenvalue weighted by atomic mass is 10.1. The summed E-state index contributed by atoms with van der Waals surface area (Å²) in [5.41, 5.74) is 0. The smallest absolute Gasteiger partial charge is 0.150 e. The highest BCUT2D eigenvalue weighted by Crippen LogP contribution is 2.20. The predicted molar refractivity (Wildman–Crippen MR) is 65.8 cm³/mol. The molecule has 5 nitrogen and oxygen atoms in total. The van der Waals surface area contributed by atoms with E-state index in [9.17, 15) is 0 Å². The van der Waals surface area contributed by atoms with Crippen molar-refractivity contribution in [2.75, 3.05) is 20.3 Å². The lowest BCUT2D eigenvalue weighted by molar-refractivity contribution is 0.158. The summed E-state index contributed by atoms with van der Waals surface area (Å²) < 4.78 is 7.44. The van der Waals surface area contributed by atoms with E-state index in [4.69, 9.17) is 4.74 Å². The first kappa shape index (κ1) is 12.5. The van der Waals surface area contributed by atoms with Gasteiger partial charge in [-0.2, -0.15) is 0 Å². The summed E-state index contributed by atoms with van der Waals surface area (Å²) in [6, 6.07) is 0.364. The van der Waals surface area contributed by atoms with Crippen LogP contribution in [-0.4, -0.2) is 35.0 Å². The second-order valence-corrected chi connectivity index (χ2v) is 4.81. The molecule has 0 bridgehead atoms. The minimum absolute atomic E-state index is 0.364. The Morgan fingerprint density at radius 3 is 3.06 bits per heavy atom. The third-order valence-corrected chi connectivity index (χ3v) is 3.28. The van der Waals surface area contributed by atoms with Crippen molar-refractivity contribution in [2.24, 2.45) is 5.92 Å². The van der Waals surface area contributed by atoms with E-state index in [1.807, 2.05) is 0 Å². The number of hydrogen-bond acceptors (Lipinski definition) is 4. The topological polar surface area (TPSA) is 52.0 Å². The van der Waals surface area contributed by atoms with Crippen LogP contribution in [0.1, 0.15) is 38.0 Å². The second kappa shape index (κ2) is 5.60. The number of nitrogens with zero attached hydrogens (tertiary/aromatic N) is 3. The van der Waals surface area contributed by atoms with Gasteiger partial charge in [-0.15, -0.1) is 10.2 Å². The summed E-state index contributed by atoms with van der Waals surface area (Å²) in [4.78, 5) is 0. The van der Waals surface area contributed by atoms with Crippen molar-refractivity contribution in [2.45, 2.75) is 39.3 Å². The number of rotatable bonds is 5. The van der Waals surface area contributed by atoms with Crippen molar-refractivity contribution < 1.29 is 4.74 Å². The molecule has 1 aliphatic heterocycles. The first-order chi connectivity index (χ1) is 8.26. The number of aromatic nitrogens is 3. The van der Waals surface area contributed by atoms with Crippen molar-refractivity contribution in [3.8, 4) is 0 Å². The van der Waals surface area contributed by atoms with Crippen LogP contribution in [0.2, 0.25) is 0 Å². The summed E-state index contributed by atoms with van der Waals surface area (Å²) in [7, 11) is 1.74. The summed E-state index contributed by atoms with van der Waals surface area (Å²) >= 11 is 0. The Hall–Kier alpha value is -0.940. The average Bonchev–Trinajstić information content (AvgIpc) is 2.73. The number of methoxy groups -OCH3 is 1. The molecule has 17 heavy (non-hydrogen) atoms. The van der Waals surface area contributed by atoms with Gasteiger partial charge >= 0.3 is 0 Å². The monoisotopic (exact) mass is 238 g/mol. The fraction of sp³-hybridized carbons (Fsp3) is 0.833. The van der Waals surface area contributed by atoms with E-state index in [0.717, 1.165) is 44.2 Å². The van der Waals surface area contributed by atoms with Gasteiger partial charge < -0.3 is 14.6 Å². The first-order valence-electron chi connectivity index (χ1n) is 6.40. The Morgan fingerprint density at radius 1 is 1.53 bits per heavy atom. The van der Waals surface area contributed by atoms with Gasteiger partial charge in [-0.05, 0) is 12.3 Å². The molecule has 1 aromatic heterocycles. The third kappa shape index (κ3) is 2.66. The highest BCUT2D eigenvalue weighted by molar-refractivity contribution is 5.04. The molecule has 0 aromatic carbocycles. The van der Waals surface area contributed by atoms with E-state index in [0.29, 0.717) is 12.0 Å². The second-order valence-electron chi connectivity index (χ2n) is 4.81. The fourth-order valence-corrected chi connectivity index (χ4v) is 2.43. The SMILES string of the molecule is CCC1NCCn2c(CC(C)COC)nnc21. The van der Waals surface area contributed by atoms with Gasteiger partial charge in [0.2, 0.25) is 0 Å². The minimum Gasteiger partial charge on any atom is -0.384 e. The molecule has 1 N–H and O–H groups in total. The Balaban J connectivity index is 2.12. The molecule has 2 rings (SSSR count). The van der Waals surface area contributed by atoms with E-state index in [1.54, 1.807) is 7.11 Å². The zero-order valence-corrected chi connectivity index (χ0v) is 10.9. The lowest BCUT2D eigenvalue weighted by Crippen LogP contribution is -2.34. The molecule has 96 valence electrons. The molecule has 2 unspecified atom stereocenters. The molecule has 0 fully saturated rings. The van der Waals surface area contributed by atoms with Crippen molar-refractivity contribution >= 4 is 0 Å². The molecule has 0 spiro atoms. The molecule has 0 saturated carbocycles. The van der Waals surface area contributed by atoms with Crippen LogP contribution >= 0.6 is 0 Å². The highest BCUT2D eigenvalue weighted by atomic mass is 16.5. The van der Waals surface area contributed by atoms with Crippen molar-refractivity contribution in [1.82, 2.24) is 20.1 Å². The van der Waals surface area contributed by atoms with Gasteiger partial charge in [0.15, 0.2) is 0 Å². The van der Waals surface area contributed by atoms with Crippen LogP contribution in [0.3, 0.4) is 0 Å². The van der Waals surface area contributed by atoms with Crippen LogP contribution in [0.25, 0.3) is 0 Å². The van der Waals surface area contributed by atoms with E-state index in [1.165, 1.54) is 0 Å². The quantitative estimate of drug-likeness (QED) is 0.836. The Bertz CT molecular complexity index is 363. The third-order valence-electron chi connectivity index (χ3n) is 3.28. The number of hydrogen-bond donors (Lipinski definition) is 1. The Morgan fingerprint density at radius 2 is 2.35 bits per heavy atom. The maximum Gasteiger partial charge on any atom is 0.150 e. The van der Waals surface area contributed by atoms with Crippen molar-refractivity contribution in [3.63, 3.8) is 0 Å². The standard InChI is InChI=1S/C12H22N4O/c1-4-10-12-15-14-11(7-9(2)8-17-3)16(12)6-5-13-10/h9-10,13H,4-8H2,1-3H3. The molecule has 1 aliphatic rings. The molecule has 2 atom stereocenters. The largest absolute Gasteiger partial charge is 0.384 e. The molecule has 0 amide bonds. The van der Waals surface area contributed by atoms with E-state index in [2.05, 4.69) is 33.9 Å². The van der Waals surface area contributed by atoms with Gasteiger partial charge in [-0.1, -0.05) is 13.8 Å². The maximum atomic E-state index is 5.17. The summed E-state index contributed by atoms with van der Waals surface area (Å²) in [5.74, 6) is 2.69. The molecule has 2 heterocycles. The molecule has 1 aromatic rings. The van der Waals surface area contributed by atoms with Gasteiger partial charge in [0.25, 0.3) is 0 Å². The van der Waals surface area contributed by atoms with Crippen LogP contribution in [0.5, 0.6) is 0 Å². The molecule has 0 aliphatic carbocycles. The van der Waals surface area contributed by atoms with Crippen LogP contribution < -0.4 is 5.32 Å². The maximum absolute atomic E-state index is 5.17. The number of ether oxygens (including phenoxy) is 1. The normalized spacial score (nSPS) is 21.2. The summed E-state index contributed by atoms with van der Waals surface area (Å²) in [6.45, 7) is 7.12. The van der Waals surface area contributed by atoms with Crippen molar-refractivity contribution in [3.05, 3.63) is 11.6 Å². The molecular formula is C12H22N4O. The average molecular weight is 238 g/mol. The Kier molecular flexibility index (Phi) is 4.12.